The minimum atomic E-state index is -0.235. The highest BCUT2D eigenvalue weighted by Gasteiger charge is 2.09. The van der Waals surface area contributed by atoms with Gasteiger partial charge in [-0.1, -0.05) is 12.1 Å². The van der Waals surface area contributed by atoms with E-state index in [0.717, 1.165) is 12.0 Å². The molecule has 1 aromatic rings. The van der Waals surface area contributed by atoms with Gasteiger partial charge in [-0.15, -0.1) is 0 Å². The molecule has 1 amide bonds. The van der Waals surface area contributed by atoms with Gasteiger partial charge >= 0.3 is 0 Å². The van der Waals surface area contributed by atoms with Crippen LogP contribution in [0.4, 0.5) is 4.39 Å². The largest absolute Gasteiger partial charge is 0.356 e. The normalized spacial score (nSPS) is 11.4. The Balaban J connectivity index is 2.15. The summed E-state index contributed by atoms with van der Waals surface area (Å²) in [4.78, 5) is 11.6. The molecule has 0 aromatic heterocycles. The number of carbonyl (C=O) groups is 1. The van der Waals surface area contributed by atoms with Crippen LogP contribution in [0.1, 0.15) is 32.8 Å². The molecule has 2 N–H and O–H groups in total. The van der Waals surface area contributed by atoms with E-state index in [4.69, 9.17) is 0 Å². The topological polar surface area (TPSA) is 41.1 Å². The van der Waals surface area contributed by atoms with Gasteiger partial charge in [0.1, 0.15) is 5.82 Å². The molecule has 0 bridgehead atoms. The summed E-state index contributed by atoms with van der Waals surface area (Å²) in [5.41, 5.74) is 1.06. The Morgan fingerprint density at radius 3 is 2.37 bits per heavy atom. The number of halogens is 1. The quantitative estimate of drug-likeness (QED) is 0.829. The molecule has 0 aliphatic heterocycles. The van der Waals surface area contributed by atoms with E-state index in [1.165, 1.54) is 12.1 Å². The van der Waals surface area contributed by atoms with Gasteiger partial charge in [0, 0.05) is 25.0 Å². The van der Waals surface area contributed by atoms with Crippen LogP contribution in [-0.4, -0.2) is 24.5 Å². The van der Waals surface area contributed by atoms with E-state index < -0.39 is 0 Å². The van der Waals surface area contributed by atoms with E-state index in [2.05, 4.69) is 31.4 Å². The third-order valence-corrected chi connectivity index (χ3v) is 2.66. The molecule has 3 nitrogen and oxygen atoms in total. The van der Waals surface area contributed by atoms with Crippen LogP contribution in [0.25, 0.3) is 0 Å². The second-order valence-electron chi connectivity index (χ2n) is 5.65. The van der Waals surface area contributed by atoms with Crippen molar-refractivity contribution in [1.82, 2.24) is 10.6 Å². The predicted molar refractivity (Wildman–Crippen MR) is 75.5 cm³/mol. The van der Waals surface area contributed by atoms with E-state index in [1.54, 1.807) is 12.1 Å². The molecule has 106 valence electrons. The highest BCUT2D eigenvalue weighted by atomic mass is 19.1. The maximum atomic E-state index is 12.7. The first-order valence-corrected chi connectivity index (χ1v) is 6.63. The molecule has 0 atom stereocenters. The SMILES string of the molecule is CC(C)(C)NCCC(=O)NCCc1ccc(F)cc1. The lowest BCUT2D eigenvalue weighted by molar-refractivity contribution is -0.121. The van der Waals surface area contributed by atoms with Crippen molar-refractivity contribution in [2.45, 2.75) is 39.2 Å². The molecule has 0 aliphatic carbocycles. The van der Waals surface area contributed by atoms with Gasteiger partial charge < -0.3 is 10.6 Å². The van der Waals surface area contributed by atoms with Crippen LogP contribution < -0.4 is 10.6 Å². The maximum Gasteiger partial charge on any atom is 0.221 e. The van der Waals surface area contributed by atoms with E-state index in [1.807, 2.05) is 0 Å². The smallest absolute Gasteiger partial charge is 0.221 e. The van der Waals surface area contributed by atoms with Crippen LogP contribution in [0, 0.1) is 5.82 Å². The van der Waals surface area contributed by atoms with Crippen molar-refractivity contribution in [3.8, 4) is 0 Å². The van der Waals surface area contributed by atoms with Crippen LogP contribution in [0.15, 0.2) is 24.3 Å². The first kappa shape index (κ1) is 15.6. The molecule has 0 aliphatic rings. The van der Waals surface area contributed by atoms with Crippen LogP contribution >= 0.6 is 0 Å². The van der Waals surface area contributed by atoms with Gasteiger partial charge in [0.15, 0.2) is 0 Å². The fourth-order valence-electron chi connectivity index (χ4n) is 1.64. The Morgan fingerprint density at radius 1 is 1.16 bits per heavy atom. The molecule has 0 heterocycles. The second-order valence-corrected chi connectivity index (χ2v) is 5.65. The van der Waals surface area contributed by atoms with Gasteiger partial charge in [-0.3, -0.25) is 4.79 Å². The number of hydrogen-bond acceptors (Lipinski definition) is 2. The summed E-state index contributed by atoms with van der Waals surface area (Å²) < 4.78 is 12.7. The lowest BCUT2D eigenvalue weighted by Gasteiger charge is -2.20. The van der Waals surface area contributed by atoms with Crippen molar-refractivity contribution in [3.63, 3.8) is 0 Å². The molecule has 0 saturated heterocycles. The predicted octanol–water partition coefficient (Wildman–Crippen LogP) is 2.26. The summed E-state index contributed by atoms with van der Waals surface area (Å²) in [6.45, 7) is 7.46. The number of rotatable bonds is 6. The molecule has 0 saturated carbocycles. The fraction of sp³-hybridized carbons (Fsp3) is 0.533. The molecule has 4 heteroatoms. The van der Waals surface area contributed by atoms with E-state index in [0.29, 0.717) is 19.5 Å². The molecule has 19 heavy (non-hydrogen) atoms. The van der Waals surface area contributed by atoms with E-state index in [-0.39, 0.29) is 17.3 Å². The van der Waals surface area contributed by atoms with Gasteiger partial charge in [0.2, 0.25) is 5.91 Å². The summed E-state index contributed by atoms with van der Waals surface area (Å²) in [5.74, 6) is -0.195. The Hall–Kier alpha value is -1.42. The zero-order valence-electron chi connectivity index (χ0n) is 11.9. The van der Waals surface area contributed by atoms with Gasteiger partial charge in [0.25, 0.3) is 0 Å². The molecule has 0 fully saturated rings. The van der Waals surface area contributed by atoms with Gasteiger partial charge in [-0.2, -0.15) is 0 Å². The fourth-order valence-corrected chi connectivity index (χ4v) is 1.64. The maximum absolute atomic E-state index is 12.7. The van der Waals surface area contributed by atoms with Crippen molar-refractivity contribution in [2.75, 3.05) is 13.1 Å². The first-order chi connectivity index (χ1) is 8.87. The molecule has 1 aromatic carbocycles. The third-order valence-electron chi connectivity index (χ3n) is 2.66. The Bertz CT molecular complexity index is 396. The minimum absolute atomic E-state index is 0.0361. The summed E-state index contributed by atoms with van der Waals surface area (Å²) in [5, 5.41) is 6.12. The zero-order valence-corrected chi connectivity index (χ0v) is 11.9. The monoisotopic (exact) mass is 266 g/mol. The Labute approximate surface area is 114 Å². The minimum Gasteiger partial charge on any atom is -0.356 e. The number of carbonyl (C=O) groups excluding carboxylic acids is 1. The van der Waals surface area contributed by atoms with Crippen LogP contribution in [0.2, 0.25) is 0 Å². The molecule has 0 radical (unpaired) electrons. The first-order valence-electron chi connectivity index (χ1n) is 6.63. The zero-order chi connectivity index (χ0) is 14.3. The number of benzene rings is 1. The molecule has 1 rings (SSSR count). The van der Waals surface area contributed by atoms with Crippen molar-refractivity contribution in [2.24, 2.45) is 0 Å². The van der Waals surface area contributed by atoms with Crippen LogP contribution in [0.5, 0.6) is 0 Å². The van der Waals surface area contributed by atoms with Crippen LogP contribution in [-0.2, 0) is 11.2 Å². The number of nitrogens with one attached hydrogen (secondary N) is 2. The van der Waals surface area contributed by atoms with Crippen LogP contribution in [0.3, 0.4) is 0 Å². The average molecular weight is 266 g/mol. The van der Waals surface area contributed by atoms with Gasteiger partial charge in [0.05, 0.1) is 0 Å². The summed E-state index contributed by atoms with van der Waals surface area (Å²) in [7, 11) is 0. The molecule has 0 unspecified atom stereocenters. The molecular weight excluding hydrogens is 243 g/mol. The molecule has 0 spiro atoms. The standard InChI is InChI=1S/C15H23FN2O/c1-15(2,3)18-11-9-14(19)17-10-8-12-4-6-13(16)7-5-12/h4-7,18H,8-11H2,1-3H3,(H,17,19). The summed E-state index contributed by atoms with van der Waals surface area (Å²) in [6, 6.07) is 6.35. The number of hydrogen-bond donors (Lipinski definition) is 2. The van der Waals surface area contributed by atoms with Crippen molar-refractivity contribution < 1.29 is 9.18 Å². The van der Waals surface area contributed by atoms with Gasteiger partial charge in [-0.25, -0.2) is 4.39 Å². The van der Waals surface area contributed by atoms with Crippen molar-refractivity contribution in [1.29, 1.82) is 0 Å². The van der Waals surface area contributed by atoms with E-state index >= 15 is 0 Å². The Morgan fingerprint density at radius 2 is 1.79 bits per heavy atom. The molecular formula is C15H23FN2O. The lowest BCUT2D eigenvalue weighted by atomic mass is 10.1. The van der Waals surface area contributed by atoms with Gasteiger partial charge in [-0.05, 0) is 44.9 Å². The summed E-state index contributed by atoms with van der Waals surface area (Å²) >= 11 is 0. The highest BCUT2D eigenvalue weighted by Crippen LogP contribution is 2.02. The third kappa shape index (κ3) is 7.57. The van der Waals surface area contributed by atoms with Crippen molar-refractivity contribution >= 4 is 5.91 Å². The number of amides is 1. The lowest BCUT2D eigenvalue weighted by Crippen LogP contribution is -2.38. The van der Waals surface area contributed by atoms with E-state index in [9.17, 15) is 9.18 Å². The Kier molecular flexibility index (Phi) is 5.96. The second kappa shape index (κ2) is 7.24. The highest BCUT2D eigenvalue weighted by molar-refractivity contribution is 5.76. The average Bonchev–Trinajstić information content (AvgIpc) is 2.30. The van der Waals surface area contributed by atoms with Crippen molar-refractivity contribution in [3.05, 3.63) is 35.6 Å². The summed E-state index contributed by atoms with van der Waals surface area (Å²) in [6.07, 6.45) is 1.19.